The molecule has 1 aliphatic carbocycles. The Morgan fingerprint density at radius 3 is 2.79 bits per heavy atom. The van der Waals surface area contributed by atoms with Crippen LogP contribution < -0.4 is 15.4 Å². The van der Waals surface area contributed by atoms with Crippen LogP contribution >= 0.6 is 0 Å². The van der Waals surface area contributed by atoms with Gasteiger partial charge < -0.3 is 20.1 Å². The van der Waals surface area contributed by atoms with Gasteiger partial charge in [-0.05, 0) is 43.2 Å². The Bertz CT molecular complexity index is 530. The van der Waals surface area contributed by atoms with Crippen LogP contribution in [0.4, 0.5) is 0 Å². The number of rotatable bonds is 9. The second-order valence-corrected chi connectivity index (χ2v) is 6.35. The van der Waals surface area contributed by atoms with Gasteiger partial charge in [0, 0.05) is 39.1 Å². The standard InChI is InChI=1S/C18H30N4O2/c1-4-19-17(21-13-15-6-10-20-16(12-15)24-3)22-14-18(7-5-8-18)9-11-23-2/h6,10,12H,4-5,7-9,11,13-14H2,1-3H3,(H2,19,21,22). The van der Waals surface area contributed by atoms with Crippen LogP contribution in [0.3, 0.4) is 0 Å². The lowest BCUT2D eigenvalue weighted by Gasteiger charge is -2.42. The predicted molar refractivity (Wildman–Crippen MR) is 96.4 cm³/mol. The lowest BCUT2D eigenvalue weighted by molar-refractivity contribution is 0.0732. The maximum absolute atomic E-state index is 5.26. The molecule has 1 aliphatic rings. The summed E-state index contributed by atoms with van der Waals surface area (Å²) in [5.74, 6) is 1.48. The lowest BCUT2D eigenvalue weighted by Crippen LogP contribution is -2.46. The minimum Gasteiger partial charge on any atom is -0.481 e. The number of guanidine groups is 1. The van der Waals surface area contributed by atoms with Gasteiger partial charge in [-0.1, -0.05) is 6.42 Å². The van der Waals surface area contributed by atoms with Gasteiger partial charge >= 0.3 is 0 Å². The smallest absolute Gasteiger partial charge is 0.213 e. The van der Waals surface area contributed by atoms with Gasteiger partial charge in [-0.2, -0.15) is 0 Å². The quantitative estimate of drug-likeness (QED) is 0.536. The molecule has 0 amide bonds. The van der Waals surface area contributed by atoms with E-state index in [4.69, 9.17) is 9.47 Å². The zero-order valence-electron chi connectivity index (χ0n) is 15.1. The average Bonchev–Trinajstić information content (AvgIpc) is 2.58. The molecule has 24 heavy (non-hydrogen) atoms. The molecule has 0 aromatic carbocycles. The van der Waals surface area contributed by atoms with Crippen molar-refractivity contribution >= 4 is 5.96 Å². The molecule has 1 heterocycles. The van der Waals surface area contributed by atoms with Crippen LogP contribution in [0.25, 0.3) is 0 Å². The summed E-state index contributed by atoms with van der Waals surface area (Å²) < 4.78 is 10.4. The van der Waals surface area contributed by atoms with Crippen LogP contribution in [-0.4, -0.2) is 44.9 Å². The molecule has 1 aromatic heterocycles. The highest BCUT2D eigenvalue weighted by molar-refractivity contribution is 5.79. The Morgan fingerprint density at radius 2 is 2.17 bits per heavy atom. The Kier molecular flexibility index (Phi) is 7.31. The fourth-order valence-electron chi connectivity index (χ4n) is 2.95. The van der Waals surface area contributed by atoms with Crippen molar-refractivity contribution in [2.24, 2.45) is 10.4 Å². The molecule has 0 aliphatic heterocycles. The molecule has 0 spiro atoms. The van der Waals surface area contributed by atoms with Crippen LogP contribution in [-0.2, 0) is 11.3 Å². The minimum atomic E-state index is 0.367. The summed E-state index contributed by atoms with van der Waals surface area (Å²) in [6, 6.07) is 3.88. The second-order valence-electron chi connectivity index (χ2n) is 6.35. The van der Waals surface area contributed by atoms with Crippen LogP contribution in [0.2, 0.25) is 0 Å². The summed E-state index contributed by atoms with van der Waals surface area (Å²) in [7, 11) is 3.40. The van der Waals surface area contributed by atoms with E-state index in [0.717, 1.165) is 37.6 Å². The summed E-state index contributed by atoms with van der Waals surface area (Å²) >= 11 is 0. The molecule has 0 bridgehead atoms. The number of hydrogen-bond acceptors (Lipinski definition) is 4. The molecule has 0 unspecified atom stereocenters. The molecule has 0 radical (unpaired) electrons. The number of ether oxygens (including phenoxy) is 2. The largest absolute Gasteiger partial charge is 0.481 e. The average molecular weight is 334 g/mol. The Morgan fingerprint density at radius 1 is 1.33 bits per heavy atom. The number of aliphatic imine (C=N–C) groups is 1. The van der Waals surface area contributed by atoms with Crippen molar-refractivity contribution in [1.82, 2.24) is 15.6 Å². The first-order chi connectivity index (χ1) is 11.7. The zero-order valence-corrected chi connectivity index (χ0v) is 15.1. The molecule has 2 N–H and O–H groups in total. The molecule has 1 saturated carbocycles. The third kappa shape index (κ3) is 5.37. The first kappa shape index (κ1) is 18.5. The van der Waals surface area contributed by atoms with E-state index < -0.39 is 0 Å². The van der Waals surface area contributed by atoms with Crippen molar-refractivity contribution in [3.05, 3.63) is 23.9 Å². The number of pyridine rings is 1. The maximum Gasteiger partial charge on any atom is 0.213 e. The third-order valence-electron chi connectivity index (χ3n) is 4.65. The van der Waals surface area contributed by atoms with Crippen molar-refractivity contribution in [2.75, 3.05) is 33.9 Å². The first-order valence-corrected chi connectivity index (χ1v) is 8.71. The van der Waals surface area contributed by atoms with Crippen molar-refractivity contribution < 1.29 is 9.47 Å². The minimum absolute atomic E-state index is 0.367. The van der Waals surface area contributed by atoms with Gasteiger partial charge in [0.2, 0.25) is 5.88 Å². The van der Waals surface area contributed by atoms with Gasteiger partial charge in [-0.15, -0.1) is 0 Å². The van der Waals surface area contributed by atoms with Crippen molar-refractivity contribution in [3.8, 4) is 5.88 Å². The fraction of sp³-hybridized carbons (Fsp3) is 0.667. The van der Waals surface area contributed by atoms with Gasteiger partial charge in [0.25, 0.3) is 0 Å². The highest BCUT2D eigenvalue weighted by atomic mass is 16.5. The predicted octanol–water partition coefficient (Wildman–Crippen LogP) is 2.35. The fourth-order valence-corrected chi connectivity index (χ4v) is 2.95. The Hall–Kier alpha value is -1.82. The molecule has 6 nitrogen and oxygen atoms in total. The molecule has 0 atom stereocenters. The monoisotopic (exact) mass is 334 g/mol. The SMILES string of the molecule is CCNC(=NCc1ccnc(OC)c1)NCC1(CCOC)CCC1. The molecule has 1 aromatic rings. The maximum atomic E-state index is 5.26. The van der Waals surface area contributed by atoms with E-state index >= 15 is 0 Å². The summed E-state index contributed by atoms with van der Waals surface area (Å²) in [6.45, 7) is 5.29. The molecule has 0 saturated heterocycles. The number of methoxy groups -OCH3 is 2. The normalized spacial score (nSPS) is 16.4. The van der Waals surface area contributed by atoms with Gasteiger partial charge in [0.15, 0.2) is 5.96 Å². The molecule has 6 heteroatoms. The molecular formula is C18H30N4O2. The first-order valence-electron chi connectivity index (χ1n) is 8.71. The zero-order chi connectivity index (χ0) is 17.3. The van der Waals surface area contributed by atoms with Crippen molar-refractivity contribution in [3.63, 3.8) is 0 Å². The number of hydrogen-bond donors (Lipinski definition) is 2. The van der Waals surface area contributed by atoms with Gasteiger partial charge in [0.1, 0.15) is 0 Å². The summed E-state index contributed by atoms with van der Waals surface area (Å²) in [5, 5.41) is 6.83. The van der Waals surface area contributed by atoms with E-state index in [-0.39, 0.29) is 0 Å². The summed E-state index contributed by atoms with van der Waals surface area (Å²) in [5.41, 5.74) is 1.45. The van der Waals surface area contributed by atoms with Crippen LogP contribution in [0, 0.1) is 5.41 Å². The molecule has 134 valence electrons. The van der Waals surface area contributed by atoms with E-state index in [2.05, 4.69) is 27.5 Å². The second kappa shape index (κ2) is 9.47. The number of aromatic nitrogens is 1. The van der Waals surface area contributed by atoms with E-state index in [9.17, 15) is 0 Å². The third-order valence-corrected chi connectivity index (χ3v) is 4.65. The van der Waals surface area contributed by atoms with Crippen LogP contribution in [0.15, 0.2) is 23.3 Å². The van der Waals surface area contributed by atoms with Crippen molar-refractivity contribution in [2.45, 2.75) is 39.2 Å². The highest BCUT2D eigenvalue weighted by Gasteiger charge is 2.36. The number of nitrogens with zero attached hydrogens (tertiary/aromatic N) is 2. The topological polar surface area (TPSA) is 67.8 Å². The number of nitrogens with one attached hydrogen (secondary N) is 2. The molecular weight excluding hydrogens is 304 g/mol. The van der Waals surface area contributed by atoms with Gasteiger partial charge in [0.05, 0.1) is 13.7 Å². The molecule has 2 rings (SSSR count). The van der Waals surface area contributed by atoms with Gasteiger partial charge in [-0.3, -0.25) is 0 Å². The Labute approximate surface area is 145 Å². The van der Waals surface area contributed by atoms with Crippen LogP contribution in [0.5, 0.6) is 5.88 Å². The van der Waals surface area contributed by atoms with Crippen LogP contribution in [0.1, 0.15) is 38.2 Å². The molecule has 1 fully saturated rings. The Balaban J connectivity index is 1.92. The highest BCUT2D eigenvalue weighted by Crippen LogP contribution is 2.43. The van der Waals surface area contributed by atoms with E-state index in [1.54, 1.807) is 20.4 Å². The van der Waals surface area contributed by atoms with Crippen molar-refractivity contribution in [1.29, 1.82) is 0 Å². The van der Waals surface area contributed by atoms with E-state index in [1.165, 1.54) is 19.3 Å². The lowest BCUT2D eigenvalue weighted by atomic mass is 9.67. The van der Waals surface area contributed by atoms with E-state index in [1.807, 2.05) is 12.1 Å². The van der Waals surface area contributed by atoms with Gasteiger partial charge in [-0.25, -0.2) is 9.98 Å². The summed E-state index contributed by atoms with van der Waals surface area (Å²) in [4.78, 5) is 8.80. The van der Waals surface area contributed by atoms with E-state index in [0.29, 0.717) is 17.8 Å². The summed E-state index contributed by atoms with van der Waals surface area (Å²) in [6.07, 6.45) is 6.71.